The predicted octanol–water partition coefficient (Wildman–Crippen LogP) is 7.69. The Labute approximate surface area is 230 Å². The smallest absolute Gasteiger partial charge is 0.290 e. The summed E-state index contributed by atoms with van der Waals surface area (Å²) in [6.07, 6.45) is 0. The number of hydrogen-bond donors (Lipinski definition) is 2. The predicted molar refractivity (Wildman–Crippen MR) is 140 cm³/mol. The zero-order valence-corrected chi connectivity index (χ0v) is 22.0. The normalized spacial score (nSPS) is 18.4. The number of halogens is 7. The van der Waals surface area contributed by atoms with Crippen molar-refractivity contribution in [2.45, 2.75) is 16.2 Å². The maximum atomic E-state index is 14.4. The second kappa shape index (κ2) is 10.3. The molecule has 36 heavy (non-hydrogen) atoms. The summed E-state index contributed by atoms with van der Waals surface area (Å²) in [4.78, 5) is 25.6. The van der Waals surface area contributed by atoms with Gasteiger partial charge in [0.05, 0.1) is 23.0 Å². The highest BCUT2D eigenvalue weighted by atomic mass is 35.5. The molecule has 0 heterocycles. The van der Waals surface area contributed by atoms with Crippen LogP contribution in [0.2, 0.25) is 15.1 Å². The van der Waals surface area contributed by atoms with Crippen molar-refractivity contribution in [2.75, 3.05) is 11.9 Å². The maximum absolute atomic E-state index is 14.4. The average Bonchev–Trinajstić information content (AvgIpc) is 3.41. The minimum absolute atomic E-state index is 0.0235. The van der Waals surface area contributed by atoms with E-state index < -0.39 is 40.5 Å². The molecule has 2 unspecified atom stereocenters. The van der Waals surface area contributed by atoms with Gasteiger partial charge in [0.2, 0.25) is 5.91 Å². The number of amides is 2. The van der Waals surface area contributed by atoms with Crippen molar-refractivity contribution in [3.8, 4) is 0 Å². The standard InChI is InChI=1S/C25H17Cl5F2N2O2/c26-15-8-13(9-16(27)10-15)20-21(25(20,29)30)23(36)34-17-6-7-19(28)18(11-17)22(35)33-12-24(31,32)14-4-2-1-3-5-14/h1-11,20-21H,12H2,(H,33,35)(H,34,36). The van der Waals surface area contributed by atoms with Crippen LogP contribution in [0, 0.1) is 5.92 Å². The van der Waals surface area contributed by atoms with E-state index in [0.717, 1.165) is 0 Å². The molecule has 11 heteroatoms. The summed E-state index contributed by atoms with van der Waals surface area (Å²) >= 11 is 31.0. The molecule has 0 aliphatic heterocycles. The number of carbonyl (C=O) groups is 2. The van der Waals surface area contributed by atoms with Crippen molar-refractivity contribution >= 4 is 75.5 Å². The molecule has 2 amide bonds. The van der Waals surface area contributed by atoms with Crippen LogP contribution >= 0.6 is 58.0 Å². The van der Waals surface area contributed by atoms with Gasteiger partial charge in [-0.25, -0.2) is 0 Å². The summed E-state index contributed by atoms with van der Waals surface area (Å²) in [6.45, 7) is -0.935. The molecule has 0 radical (unpaired) electrons. The van der Waals surface area contributed by atoms with E-state index in [1.165, 1.54) is 42.5 Å². The first-order chi connectivity index (χ1) is 16.9. The van der Waals surface area contributed by atoms with Crippen molar-refractivity contribution in [2.24, 2.45) is 5.92 Å². The van der Waals surface area contributed by atoms with Crippen LogP contribution in [0.4, 0.5) is 14.5 Å². The van der Waals surface area contributed by atoms with E-state index in [4.69, 9.17) is 58.0 Å². The summed E-state index contributed by atoms with van der Waals surface area (Å²) in [5.41, 5.74) is 0.495. The van der Waals surface area contributed by atoms with Crippen molar-refractivity contribution in [1.82, 2.24) is 5.32 Å². The summed E-state index contributed by atoms with van der Waals surface area (Å²) < 4.78 is 27.5. The van der Waals surface area contributed by atoms with E-state index in [1.54, 1.807) is 24.3 Å². The largest absolute Gasteiger partial charge is 0.346 e. The number of hydrogen-bond acceptors (Lipinski definition) is 2. The first-order valence-corrected chi connectivity index (χ1v) is 12.4. The lowest BCUT2D eigenvalue weighted by molar-refractivity contribution is -0.117. The molecule has 4 nitrogen and oxygen atoms in total. The Balaban J connectivity index is 1.46. The highest BCUT2D eigenvalue weighted by Crippen LogP contribution is 2.65. The van der Waals surface area contributed by atoms with E-state index >= 15 is 0 Å². The fourth-order valence-electron chi connectivity index (χ4n) is 3.89. The van der Waals surface area contributed by atoms with E-state index in [1.807, 2.05) is 0 Å². The molecule has 4 rings (SSSR count). The molecule has 1 fully saturated rings. The summed E-state index contributed by atoms with van der Waals surface area (Å²) in [5.74, 6) is -6.01. The second-order valence-electron chi connectivity index (χ2n) is 8.27. The van der Waals surface area contributed by atoms with Crippen molar-refractivity contribution < 1.29 is 18.4 Å². The SMILES string of the molecule is O=C(NCC(F)(F)c1ccccc1)c1cc(NC(=O)C2C(c3cc(Cl)cc(Cl)c3)C2(Cl)Cl)ccc1Cl. The molecule has 0 spiro atoms. The fraction of sp³-hybridized carbons (Fsp3) is 0.200. The van der Waals surface area contributed by atoms with Crippen LogP contribution in [0.5, 0.6) is 0 Å². The van der Waals surface area contributed by atoms with Gasteiger partial charge in [-0.3, -0.25) is 9.59 Å². The number of rotatable bonds is 7. The zero-order valence-electron chi connectivity index (χ0n) is 18.2. The van der Waals surface area contributed by atoms with E-state index in [0.29, 0.717) is 15.6 Å². The van der Waals surface area contributed by atoms with Crippen LogP contribution in [-0.2, 0) is 10.7 Å². The Morgan fingerprint density at radius 2 is 1.56 bits per heavy atom. The number of anilines is 1. The number of nitrogens with one attached hydrogen (secondary N) is 2. The molecule has 188 valence electrons. The minimum Gasteiger partial charge on any atom is -0.346 e. The van der Waals surface area contributed by atoms with E-state index in [2.05, 4.69) is 10.6 Å². The third kappa shape index (κ3) is 5.74. The Morgan fingerprint density at radius 1 is 0.917 bits per heavy atom. The second-order valence-corrected chi connectivity index (χ2v) is 11.0. The Hall–Kier alpha value is -2.09. The molecule has 0 saturated heterocycles. The third-order valence-electron chi connectivity index (χ3n) is 5.73. The highest BCUT2D eigenvalue weighted by Gasteiger charge is 2.67. The maximum Gasteiger partial charge on any atom is 0.290 e. The lowest BCUT2D eigenvalue weighted by Gasteiger charge is -2.18. The van der Waals surface area contributed by atoms with Crippen LogP contribution in [-0.4, -0.2) is 22.7 Å². The van der Waals surface area contributed by atoms with E-state index in [9.17, 15) is 18.4 Å². The van der Waals surface area contributed by atoms with Crippen LogP contribution in [0.15, 0.2) is 66.7 Å². The molecule has 0 bridgehead atoms. The van der Waals surface area contributed by atoms with Crippen molar-refractivity contribution in [1.29, 1.82) is 0 Å². The van der Waals surface area contributed by atoms with Gasteiger partial charge in [-0.15, -0.1) is 23.2 Å². The molecular formula is C25H17Cl5F2N2O2. The average molecular weight is 593 g/mol. The molecule has 3 aromatic rings. The third-order valence-corrected chi connectivity index (χ3v) is 7.43. The molecule has 0 aromatic heterocycles. The monoisotopic (exact) mass is 590 g/mol. The van der Waals surface area contributed by atoms with Gasteiger partial charge in [0.15, 0.2) is 0 Å². The lowest BCUT2D eigenvalue weighted by Crippen LogP contribution is -2.35. The van der Waals surface area contributed by atoms with Crippen LogP contribution in [0.25, 0.3) is 0 Å². The fourth-order valence-corrected chi connectivity index (χ4v) is 5.46. The molecule has 3 aromatic carbocycles. The molecule has 1 saturated carbocycles. The zero-order chi connectivity index (χ0) is 26.3. The van der Waals surface area contributed by atoms with Gasteiger partial charge in [-0.05, 0) is 42.0 Å². The lowest BCUT2D eigenvalue weighted by atomic mass is 10.1. The number of alkyl halides is 4. The van der Waals surface area contributed by atoms with Crippen molar-refractivity contribution in [3.63, 3.8) is 0 Å². The molecular weight excluding hydrogens is 576 g/mol. The van der Waals surface area contributed by atoms with E-state index in [-0.39, 0.29) is 21.8 Å². The van der Waals surface area contributed by atoms with Gasteiger partial charge in [0.25, 0.3) is 11.8 Å². The molecule has 1 aliphatic rings. The number of benzene rings is 3. The minimum atomic E-state index is -3.29. The first kappa shape index (κ1) is 27.0. The highest BCUT2D eigenvalue weighted by molar-refractivity contribution is 6.53. The summed E-state index contributed by atoms with van der Waals surface area (Å²) in [6, 6.07) is 16.0. The first-order valence-electron chi connectivity index (χ1n) is 10.6. The summed E-state index contributed by atoms with van der Waals surface area (Å²) in [7, 11) is 0. The van der Waals surface area contributed by atoms with Crippen molar-refractivity contribution in [3.05, 3.63) is 98.5 Å². The topological polar surface area (TPSA) is 58.2 Å². The Kier molecular flexibility index (Phi) is 7.75. The van der Waals surface area contributed by atoms with Gasteiger partial charge < -0.3 is 10.6 Å². The Bertz CT molecular complexity index is 1300. The van der Waals surface area contributed by atoms with Gasteiger partial charge >= 0.3 is 0 Å². The van der Waals surface area contributed by atoms with Gasteiger partial charge in [-0.1, -0.05) is 65.1 Å². The van der Waals surface area contributed by atoms with Crippen LogP contribution in [0.3, 0.4) is 0 Å². The van der Waals surface area contributed by atoms with Crippen LogP contribution in [0.1, 0.15) is 27.4 Å². The summed E-state index contributed by atoms with van der Waals surface area (Å²) in [5, 5.41) is 5.61. The van der Waals surface area contributed by atoms with Gasteiger partial charge in [0, 0.05) is 27.2 Å². The van der Waals surface area contributed by atoms with Gasteiger partial charge in [-0.2, -0.15) is 8.78 Å². The quantitative estimate of drug-likeness (QED) is 0.276. The van der Waals surface area contributed by atoms with Gasteiger partial charge in [0.1, 0.15) is 4.33 Å². The Morgan fingerprint density at radius 3 is 2.19 bits per heavy atom. The number of carbonyl (C=O) groups excluding carboxylic acids is 2. The molecule has 2 N–H and O–H groups in total. The molecule has 1 aliphatic carbocycles. The van der Waals surface area contributed by atoms with Crippen LogP contribution < -0.4 is 10.6 Å². The molecule has 2 atom stereocenters.